The van der Waals surface area contributed by atoms with Crippen LogP contribution in [0.25, 0.3) is 11.3 Å². The van der Waals surface area contributed by atoms with Crippen LogP contribution in [0.5, 0.6) is 5.75 Å². The van der Waals surface area contributed by atoms with Crippen molar-refractivity contribution in [2.75, 3.05) is 25.4 Å². The van der Waals surface area contributed by atoms with E-state index >= 15 is 0 Å². The summed E-state index contributed by atoms with van der Waals surface area (Å²) >= 11 is 0. The first-order chi connectivity index (χ1) is 13.2. The Morgan fingerprint density at radius 1 is 1.29 bits per heavy atom. The molecule has 0 spiro atoms. The topological polar surface area (TPSA) is 95.5 Å². The summed E-state index contributed by atoms with van der Waals surface area (Å²) in [6.07, 6.45) is 6.85. The number of pyridine rings is 1. The third-order valence-electron chi connectivity index (χ3n) is 4.62. The fourth-order valence-corrected chi connectivity index (χ4v) is 3.09. The lowest BCUT2D eigenvalue weighted by molar-refractivity contribution is 0.0165. The third kappa shape index (κ3) is 5.15. The Kier molecular flexibility index (Phi) is 5.76. The van der Waals surface area contributed by atoms with Crippen molar-refractivity contribution in [2.24, 2.45) is 13.0 Å². The molecule has 1 aliphatic heterocycles. The fourth-order valence-electron chi connectivity index (χ4n) is 3.09. The number of carbonyl (C=O) groups excluding carboxylic acids is 1. The number of ether oxygens (including phenoxy) is 2. The molecular formula is C20H29N5O3. The van der Waals surface area contributed by atoms with Gasteiger partial charge in [0.15, 0.2) is 11.6 Å². The monoisotopic (exact) mass is 387 g/mol. The molecule has 8 heteroatoms. The van der Waals surface area contributed by atoms with Crippen LogP contribution in [0.15, 0.2) is 24.8 Å². The van der Waals surface area contributed by atoms with Gasteiger partial charge in [-0.05, 0) is 45.6 Å². The Balaban J connectivity index is 1.53. The van der Waals surface area contributed by atoms with Crippen LogP contribution in [0.2, 0.25) is 0 Å². The first-order valence-electron chi connectivity index (χ1n) is 9.56. The highest BCUT2D eigenvalue weighted by Gasteiger charge is 2.27. The third-order valence-corrected chi connectivity index (χ3v) is 4.62. The minimum Gasteiger partial charge on any atom is -0.489 e. The maximum absolute atomic E-state index is 12.2. The number of nitrogen functional groups attached to an aromatic ring is 1. The summed E-state index contributed by atoms with van der Waals surface area (Å²) in [7, 11) is 1.92. The lowest BCUT2D eigenvalue weighted by Gasteiger charge is -2.33. The molecule has 152 valence electrons. The van der Waals surface area contributed by atoms with Crippen molar-refractivity contribution in [2.45, 2.75) is 39.2 Å². The molecule has 0 saturated carbocycles. The highest BCUT2D eigenvalue weighted by molar-refractivity contribution is 5.68. The number of hydrogen-bond acceptors (Lipinski definition) is 6. The number of anilines is 1. The molecule has 1 amide bonds. The van der Waals surface area contributed by atoms with Crippen LogP contribution in [-0.2, 0) is 11.8 Å². The van der Waals surface area contributed by atoms with E-state index in [1.54, 1.807) is 17.4 Å². The van der Waals surface area contributed by atoms with Gasteiger partial charge in [-0.2, -0.15) is 0 Å². The molecule has 1 fully saturated rings. The lowest BCUT2D eigenvalue weighted by atomic mass is 9.98. The van der Waals surface area contributed by atoms with Crippen molar-refractivity contribution in [3.05, 3.63) is 24.8 Å². The number of aromatic nitrogens is 3. The number of imidazole rings is 1. The average Bonchev–Trinajstić information content (AvgIpc) is 3.06. The van der Waals surface area contributed by atoms with E-state index in [-0.39, 0.29) is 6.09 Å². The summed E-state index contributed by atoms with van der Waals surface area (Å²) in [5.41, 5.74) is 7.20. The number of amides is 1. The minimum absolute atomic E-state index is 0.247. The standard InChI is InChI=1S/C20H29N5O3/c1-20(2,3)28-19(26)25-7-5-14(6-8-25)12-27-17-9-15(10-22-18(17)21)16-11-24(4)13-23-16/h9-11,13-14H,5-8,12H2,1-4H3,(H2,21,22). The quantitative estimate of drug-likeness (QED) is 0.866. The van der Waals surface area contributed by atoms with E-state index in [0.717, 1.165) is 24.1 Å². The molecular weight excluding hydrogens is 358 g/mol. The fraction of sp³-hybridized carbons (Fsp3) is 0.550. The van der Waals surface area contributed by atoms with Crippen molar-refractivity contribution in [1.82, 2.24) is 19.4 Å². The average molecular weight is 387 g/mol. The zero-order valence-corrected chi connectivity index (χ0v) is 17.0. The first kappa shape index (κ1) is 20.0. The second kappa shape index (κ2) is 8.08. The van der Waals surface area contributed by atoms with Gasteiger partial charge in [0.1, 0.15) is 5.60 Å². The van der Waals surface area contributed by atoms with E-state index in [1.165, 1.54) is 0 Å². The molecule has 0 atom stereocenters. The van der Waals surface area contributed by atoms with Crippen LogP contribution in [0.1, 0.15) is 33.6 Å². The molecule has 3 rings (SSSR count). The number of carbonyl (C=O) groups is 1. The van der Waals surface area contributed by atoms with E-state index < -0.39 is 5.60 Å². The van der Waals surface area contributed by atoms with Crippen LogP contribution in [0.4, 0.5) is 10.6 Å². The van der Waals surface area contributed by atoms with E-state index in [2.05, 4.69) is 9.97 Å². The number of nitrogens with zero attached hydrogens (tertiary/aromatic N) is 4. The van der Waals surface area contributed by atoms with Gasteiger partial charge in [0.05, 0.1) is 18.6 Å². The molecule has 0 unspecified atom stereocenters. The van der Waals surface area contributed by atoms with Crippen LogP contribution in [0.3, 0.4) is 0 Å². The molecule has 0 bridgehead atoms. The van der Waals surface area contributed by atoms with Crippen molar-refractivity contribution in [3.8, 4) is 17.0 Å². The lowest BCUT2D eigenvalue weighted by Crippen LogP contribution is -2.42. The summed E-state index contributed by atoms with van der Waals surface area (Å²) < 4.78 is 13.3. The van der Waals surface area contributed by atoms with E-state index in [1.807, 2.05) is 44.6 Å². The van der Waals surface area contributed by atoms with E-state index in [0.29, 0.717) is 37.2 Å². The Morgan fingerprint density at radius 3 is 2.61 bits per heavy atom. The van der Waals surface area contributed by atoms with Crippen molar-refractivity contribution >= 4 is 11.9 Å². The molecule has 0 aromatic carbocycles. The Bertz CT molecular complexity index is 819. The predicted molar refractivity (Wildman–Crippen MR) is 107 cm³/mol. The SMILES string of the molecule is Cn1cnc(-c2cnc(N)c(OCC3CCN(C(=O)OC(C)(C)C)CC3)c2)c1. The van der Waals surface area contributed by atoms with Crippen molar-refractivity contribution < 1.29 is 14.3 Å². The van der Waals surface area contributed by atoms with Gasteiger partial charge in [-0.3, -0.25) is 0 Å². The Hall–Kier alpha value is -2.77. The maximum Gasteiger partial charge on any atom is 0.410 e. The molecule has 2 aromatic heterocycles. The Morgan fingerprint density at radius 2 is 2.00 bits per heavy atom. The molecule has 0 aliphatic carbocycles. The van der Waals surface area contributed by atoms with Gasteiger partial charge in [-0.15, -0.1) is 0 Å². The van der Waals surface area contributed by atoms with Crippen LogP contribution in [-0.4, -0.2) is 50.8 Å². The maximum atomic E-state index is 12.2. The van der Waals surface area contributed by atoms with E-state index in [9.17, 15) is 4.79 Å². The first-order valence-corrected chi connectivity index (χ1v) is 9.56. The number of aryl methyl sites for hydroxylation is 1. The van der Waals surface area contributed by atoms with Crippen molar-refractivity contribution in [1.29, 1.82) is 0 Å². The molecule has 8 nitrogen and oxygen atoms in total. The number of nitrogens with two attached hydrogens (primary N) is 1. The largest absolute Gasteiger partial charge is 0.489 e. The molecule has 2 N–H and O–H groups in total. The summed E-state index contributed by atoms with van der Waals surface area (Å²) in [5, 5.41) is 0. The highest BCUT2D eigenvalue weighted by Crippen LogP contribution is 2.27. The number of rotatable bonds is 4. The highest BCUT2D eigenvalue weighted by atomic mass is 16.6. The van der Waals surface area contributed by atoms with Crippen LogP contribution in [0, 0.1) is 5.92 Å². The molecule has 28 heavy (non-hydrogen) atoms. The Labute approximate surface area is 165 Å². The van der Waals surface area contributed by atoms with Crippen LogP contribution < -0.4 is 10.5 Å². The molecule has 1 aliphatic rings. The van der Waals surface area contributed by atoms with Crippen LogP contribution >= 0.6 is 0 Å². The minimum atomic E-state index is -0.472. The number of hydrogen-bond donors (Lipinski definition) is 1. The molecule has 0 radical (unpaired) electrons. The summed E-state index contributed by atoms with van der Waals surface area (Å²) in [4.78, 5) is 22.5. The van der Waals surface area contributed by atoms with Gasteiger partial charge in [-0.1, -0.05) is 0 Å². The number of likely N-dealkylation sites (tertiary alicyclic amines) is 1. The van der Waals surface area contributed by atoms with Crippen molar-refractivity contribution in [3.63, 3.8) is 0 Å². The van der Waals surface area contributed by atoms with Gasteiger partial charge in [0.2, 0.25) is 0 Å². The van der Waals surface area contributed by atoms with Gasteiger partial charge in [0, 0.05) is 38.1 Å². The summed E-state index contributed by atoms with van der Waals surface area (Å²) in [5.74, 6) is 1.29. The van der Waals surface area contributed by atoms with E-state index in [4.69, 9.17) is 15.2 Å². The van der Waals surface area contributed by atoms with Gasteiger partial charge < -0.3 is 24.7 Å². The molecule has 1 saturated heterocycles. The normalized spacial score (nSPS) is 15.5. The summed E-state index contributed by atoms with van der Waals surface area (Å²) in [6, 6.07) is 1.88. The zero-order chi connectivity index (χ0) is 20.3. The zero-order valence-electron chi connectivity index (χ0n) is 17.0. The van der Waals surface area contributed by atoms with Gasteiger partial charge in [-0.25, -0.2) is 14.8 Å². The summed E-state index contributed by atoms with van der Waals surface area (Å²) in [6.45, 7) is 7.52. The second-order valence-corrected chi connectivity index (χ2v) is 8.25. The second-order valence-electron chi connectivity index (χ2n) is 8.25. The smallest absolute Gasteiger partial charge is 0.410 e. The molecule has 2 aromatic rings. The van der Waals surface area contributed by atoms with Gasteiger partial charge in [0.25, 0.3) is 0 Å². The number of piperidine rings is 1. The van der Waals surface area contributed by atoms with Gasteiger partial charge >= 0.3 is 6.09 Å². The molecule has 3 heterocycles. The predicted octanol–water partition coefficient (Wildman–Crippen LogP) is 3.09.